The highest BCUT2D eigenvalue weighted by atomic mass is 16.5. The van der Waals surface area contributed by atoms with Crippen LogP contribution in [-0.2, 0) is 0 Å². The fourth-order valence-electron chi connectivity index (χ4n) is 2.81. The van der Waals surface area contributed by atoms with Gasteiger partial charge in [0.25, 0.3) is 0 Å². The van der Waals surface area contributed by atoms with E-state index in [2.05, 4.69) is 59.6 Å². The summed E-state index contributed by atoms with van der Waals surface area (Å²) in [5.41, 5.74) is 3.46. The quantitative estimate of drug-likeness (QED) is 0.546. The highest BCUT2D eigenvalue weighted by molar-refractivity contribution is 6.08. The molecule has 0 unspecified atom stereocenters. The molecule has 2 nitrogen and oxygen atoms in total. The highest BCUT2D eigenvalue weighted by Crippen LogP contribution is 2.30. The molecule has 0 atom stereocenters. The van der Waals surface area contributed by atoms with Crippen LogP contribution in [0.3, 0.4) is 0 Å². The van der Waals surface area contributed by atoms with E-state index < -0.39 is 0 Å². The summed E-state index contributed by atoms with van der Waals surface area (Å²) in [6, 6.07) is 23.1. The van der Waals surface area contributed by atoms with Crippen molar-refractivity contribution in [2.45, 2.75) is 0 Å². The van der Waals surface area contributed by atoms with E-state index in [0.717, 1.165) is 17.0 Å². The third-order valence-corrected chi connectivity index (χ3v) is 3.93. The van der Waals surface area contributed by atoms with Gasteiger partial charge in [0.05, 0.1) is 7.11 Å². The van der Waals surface area contributed by atoms with E-state index in [4.69, 9.17) is 4.74 Å². The summed E-state index contributed by atoms with van der Waals surface area (Å²) >= 11 is 0. The SMILES string of the molecule is COc1ccc(-c2cc3c(ccc4ccccc43)[nH]2)cc1. The first-order valence-electron chi connectivity index (χ1n) is 7.00. The van der Waals surface area contributed by atoms with Crippen LogP contribution in [0, 0.1) is 0 Å². The first kappa shape index (κ1) is 12.0. The minimum absolute atomic E-state index is 0.875. The smallest absolute Gasteiger partial charge is 0.118 e. The van der Waals surface area contributed by atoms with Crippen molar-refractivity contribution in [1.29, 1.82) is 0 Å². The second-order valence-electron chi connectivity index (χ2n) is 5.16. The number of aromatic nitrogens is 1. The number of fused-ring (bicyclic) bond motifs is 3. The van der Waals surface area contributed by atoms with Crippen LogP contribution in [-0.4, -0.2) is 12.1 Å². The van der Waals surface area contributed by atoms with Crippen molar-refractivity contribution < 1.29 is 4.74 Å². The normalized spacial score (nSPS) is 11.1. The average molecular weight is 273 g/mol. The molecule has 0 fully saturated rings. The molecule has 0 aliphatic rings. The van der Waals surface area contributed by atoms with E-state index in [1.165, 1.54) is 21.7 Å². The summed E-state index contributed by atoms with van der Waals surface area (Å²) in [6.07, 6.45) is 0. The van der Waals surface area contributed by atoms with Crippen molar-refractivity contribution in [2.24, 2.45) is 0 Å². The molecule has 1 N–H and O–H groups in total. The second kappa shape index (κ2) is 4.67. The summed E-state index contributed by atoms with van der Waals surface area (Å²) < 4.78 is 5.21. The van der Waals surface area contributed by atoms with Crippen molar-refractivity contribution in [3.05, 3.63) is 66.7 Å². The van der Waals surface area contributed by atoms with Crippen LogP contribution in [0.15, 0.2) is 66.7 Å². The van der Waals surface area contributed by atoms with Crippen molar-refractivity contribution in [3.63, 3.8) is 0 Å². The molecule has 102 valence electrons. The highest BCUT2D eigenvalue weighted by Gasteiger charge is 2.06. The molecule has 2 heteroatoms. The van der Waals surface area contributed by atoms with Crippen LogP contribution >= 0.6 is 0 Å². The Morgan fingerprint density at radius 1 is 0.810 bits per heavy atom. The topological polar surface area (TPSA) is 25.0 Å². The third kappa shape index (κ3) is 1.96. The van der Waals surface area contributed by atoms with Crippen LogP contribution in [0.1, 0.15) is 0 Å². The molecule has 0 spiro atoms. The van der Waals surface area contributed by atoms with E-state index >= 15 is 0 Å². The Hall–Kier alpha value is -2.74. The van der Waals surface area contributed by atoms with Gasteiger partial charge in [0, 0.05) is 16.6 Å². The van der Waals surface area contributed by atoms with Gasteiger partial charge in [0.2, 0.25) is 0 Å². The minimum atomic E-state index is 0.875. The number of nitrogens with one attached hydrogen (secondary N) is 1. The molecule has 3 aromatic carbocycles. The van der Waals surface area contributed by atoms with Crippen molar-refractivity contribution >= 4 is 21.7 Å². The summed E-state index contributed by atoms with van der Waals surface area (Å²) in [5.74, 6) is 0.875. The van der Waals surface area contributed by atoms with Crippen molar-refractivity contribution in [2.75, 3.05) is 7.11 Å². The van der Waals surface area contributed by atoms with Gasteiger partial charge < -0.3 is 9.72 Å². The zero-order valence-corrected chi connectivity index (χ0v) is 11.8. The fourth-order valence-corrected chi connectivity index (χ4v) is 2.81. The molecule has 1 heterocycles. The Labute approximate surface area is 123 Å². The van der Waals surface area contributed by atoms with Gasteiger partial charge in [-0.2, -0.15) is 0 Å². The van der Waals surface area contributed by atoms with Gasteiger partial charge in [-0.3, -0.25) is 0 Å². The molecule has 4 rings (SSSR count). The standard InChI is InChI=1S/C19H15NO/c1-21-15-9-6-14(7-10-15)19-12-17-16-5-3-2-4-13(16)8-11-18(17)20-19/h2-12,20H,1H3. The molecular formula is C19H15NO. The van der Waals surface area contributed by atoms with Crippen molar-refractivity contribution in [3.8, 4) is 17.0 Å². The number of aromatic amines is 1. The Balaban J connectivity index is 1.91. The second-order valence-corrected chi connectivity index (χ2v) is 5.16. The van der Waals surface area contributed by atoms with Gasteiger partial charge in [-0.1, -0.05) is 30.3 Å². The number of rotatable bonds is 2. The van der Waals surface area contributed by atoms with E-state index in [1.807, 2.05) is 12.1 Å². The van der Waals surface area contributed by atoms with E-state index in [1.54, 1.807) is 7.11 Å². The molecular weight excluding hydrogens is 258 g/mol. The maximum atomic E-state index is 5.21. The fraction of sp³-hybridized carbons (Fsp3) is 0.0526. The number of benzene rings is 3. The van der Waals surface area contributed by atoms with Gasteiger partial charge in [0.15, 0.2) is 0 Å². The van der Waals surface area contributed by atoms with Gasteiger partial charge in [-0.15, -0.1) is 0 Å². The van der Waals surface area contributed by atoms with E-state index in [9.17, 15) is 0 Å². The minimum Gasteiger partial charge on any atom is -0.497 e. The Kier molecular flexibility index (Phi) is 2.68. The molecule has 4 aromatic rings. The Morgan fingerprint density at radius 3 is 2.43 bits per heavy atom. The molecule has 0 bridgehead atoms. The molecule has 0 saturated carbocycles. The Morgan fingerprint density at radius 2 is 1.62 bits per heavy atom. The number of hydrogen-bond donors (Lipinski definition) is 1. The third-order valence-electron chi connectivity index (χ3n) is 3.93. The first-order chi connectivity index (χ1) is 10.3. The molecule has 0 aliphatic carbocycles. The first-order valence-corrected chi connectivity index (χ1v) is 7.00. The zero-order valence-electron chi connectivity index (χ0n) is 11.8. The Bertz CT molecular complexity index is 919. The lowest BCUT2D eigenvalue weighted by Crippen LogP contribution is -1.82. The molecule has 0 saturated heterocycles. The number of ether oxygens (including phenoxy) is 1. The van der Waals surface area contributed by atoms with Crippen LogP contribution < -0.4 is 4.74 Å². The maximum absolute atomic E-state index is 5.21. The van der Waals surface area contributed by atoms with E-state index in [-0.39, 0.29) is 0 Å². The van der Waals surface area contributed by atoms with Crippen LogP contribution in [0.2, 0.25) is 0 Å². The zero-order chi connectivity index (χ0) is 14.2. The van der Waals surface area contributed by atoms with Crippen LogP contribution in [0.4, 0.5) is 0 Å². The predicted molar refractivity (Wildman–Crippen MR) is 87.8 cm³/mol. The van der Waals surface area contributed by atoms with Gasteiger partial charge in [-0.25, -0.2) is 0 Å². The number of methoxy groups -OCH3 is 1. The molecule has 1 aromatic heterocycles. The lowest BCUT2D eigenvalue weighted by molar-refractivity contribution is 0.415. The lowest BCUT2D eigenvalue weighted by atomic mass is 10.1. The molecule has 0 aliphatic heterocycles. The lowest BCUT2D eigenvalue weighted by Gasteiger charge is -2.01. The van der Waals surface area contributed by atoms with Gasteiger partial charge in [-0.05, 0) is 52.7 Å². The molecule has 0 amide bonds. The summed E-state index contributed by atoms with van der Waals surface area (Å²) in [4.78, 5) is 3.50. The monoisotopic (exact) mass is 273 g/mol. The maximum Gasteiger partial charge on any atom is 0.118 e. The summed E-state index contributed by atoms with van der Waals surface area (Å²) in [6.45, 7) is 0. The number of H-pyrrole nitrogens is 1. The summed E-state index contributed by atoms with van der Waals surface area (Å²) in [5, 5.41) is 3.82. The molecule has 21 heavy (non-hydrogen) atoms. The van der Waals surface area contributed by atoms with Crippen LogP contribution in [0.25, 0.3) is 32.9 Å². The largest absolute Gasteiger partial charge is 0.497 e. The van der Waals surface area contributed by atoms with Crippen LogP contribution in [0.5, 0.6) is 5.75 Å². The van der Waals surface area contributed by atoms with Gasteiger partial charge in [0.1, 0.15) is 5.75 Å². The summed E-state index contributed by atoms with van der Waals surface area (Å²) in [7, 11) is 1.68. The van der Waals surface area contributed by atoms with Gasteiger partial charge >= 0.3 is 0 Å². The van der Waals surface area contributed by atoms with E-state index in [0.29, 0.717) is 0 Å². The predicted octanol–water partition coefficient (Wildman–Crippen LogP) is 5.00. The molecule has 0 radical (unpaired) electrons. The van der Waals surface area contributed by atoms with Crippen molar-refractivity contribution in [1.82, 2.24) is 4.98 Å². The number of hydrogen-bond acceptors (Lipinski definition) is 1. The average Bonchev–Trinajstić information content (AvgIpc) is 2.99.